The first-order valence-electron chi connectivity index (χ1n) is 12.6. The Labute approximate surface area is 214 Å². The van der Waals surface area contributed by atoms with E-state index in [0.717, 1.165) is 32.1 Å². The minimum Gasteiger partial charge on any atom is -0.351 e. The van der Waals surface area contributed by atoms with Gasteiger partial charge in [-0.2, -0.15) is 5.10 Å². The highest BCUT2D eigenvalue weighted by Gasteiger charge is 2.36. The number of carbonyl (C=O) groups is 2. The Morgan fingerprint density at radius 1 is 1.11 bits per heavy atom. The summed E-state index contributed by atoms with van der Waals surface area (Å²) in [6.45, 7) is 1.67. The van der Waals surface area contributed by atoms with Crippen molar-refractivity contribution in [2.45, 2.75) is 57.7 Å². The predicted octanol–water partition coefficient (Wildman–Crippen LogP) is 3.84. The molecule has 2 amide bonds. The van der Waals surface area contributed by atoms with Gasteiger partial charge in [-0.3, -0.25) is 19.2 Å². The van der Waals surface area contributed by atoms with Gasteiger partial charge in [-0.25, -0.2) is 9.07 Å². The van der Waals surface area contributed by atoms with Gasteiger partial charge in [0.1, 0.15) is 23.9 Å². The van der Waals surface area contributed by atoms with Gasteiger partial charge in [0.15, 0.2) is 0 Å². The summed E-state index contributed by atoms with van der Waals surface area (Å²) in [6, 6.07) is 12.0. The summed E-state index contributed by atoms with van der Waals surface area (Å²) in [5.41, 5.74) is 3.02. The summed E-state index contributed by atoms with van der Waals surface area (Å²) in [5, 5.41) is 15.9. The summed E-state index contributed by atoms with van der Waals surface area (Å²) in [6.07, 6.45) is 6.83. The third-order valence-electron chi connectivity index (χ3n) is 6.88. The largest absolute Gasteiger partial charge is 0.351 e. The van der Waals surface area contributed by atoms with Crippen LogP contribution in [0.25, 0.3) is 11.0 Å². The molecule has 4 aromatic rings. The minimum atomic E-state index is -0.997. The number of hydrogen-bond donors (Lipinski definition) is 1. The molecule has 2 aromatic heterocycles. The van der Waals surface area contributed by atoms with E-state index in [2.05, 4.69) is 20.7 Å². The standard InChI is InChI=1S/C27H30FN7O2/c1-18-22(16-33(2)31-18)26(27(37)29-20-8-4-3-5-9-20)35(21-14-12-19(28)13-15-21)25(36)17-34-24-11-7-6-10-23(24)30-32-34/h6-7,10-16,20,26H,3-5,8-9,17H2,1-2H3,(H,29,37). The number of fused-ring (bicyclic) bond motifs is 1. The normalized spacial score (nSPS) is 15.0. The number of carbonyl (C=O) groups excluding carboxylic acids is 2. The Bertz CT molecular complexity index is 1410. The lowest BCUT2D eigenvalue weighted by molar-refractivity contribution is -0.127. The lowest BCUT2D eigenvalue weighted by Crippen LogP contribution is -2.48. The maximum Gasteiger partial charge on any atom is 0.249 e. The Hall–Kier alpha value is -4.08. The average Bonchev–Trinajstić information content (AvgIpc) is 3.45. The molecular formula is C27H30FN7O2. The summed E-state index contributed by atoms with van der Waals surface area (Å²) in [4.78, 5) is 29.4. The third-order valence-corrected chi connectivity index (χ3v) is 6.88. The number of aryl methyl sites for hydroxylation is 2. The van der Waals surface area contributed by atoms with Gasteiger partial charge < -0.3 is 5.32 Å². The van der Waals surface area contributed by atoms with E-state index in [0.29, 0.717) is 28.0 Å². The first-order valence-corrected chi connectivity index (χ1v) is 12.6. The van der Waals surface area contributed by atoms with Crippen LogP contribution in [0, 0.1) is 12.7 Å². The molecule has 9 nitrogen and oxygen atoms in total. The van der Waals surface area contributed by atoms with E-state index < -0.39 is 11.9 Å². The van der Waals surface area contributed by atoms with Crippen LogP contribution in [0.2, 0.25) is 0 Å². The molecule has 2 heterocycles. The van der Waals surface area contributed by atoms with Crippen LogP contribution in [-0.2, 0) is 23.2 Å². The number of amides is 2. The molecule has 0 spiro atoms. The predicted molar refractivity (Wildman–Crippen MR) is 137 cm³/mol. The lowest BCUT2D eigenvalue weighted by atomic mass is 9.94. The monoisotopic (exact) mass is 503 g/mol. The number of nitrogens with zero attached hydrogens (tertiary/aromatic N) is 6. The molecule has 1 atom stereocenters. The van der Waals surface area contributed by atoms with Crippen LogP contribution in [0.4, 0.5) is 10.1 Å². The van der Waals surface area contributed by atoms with E-state index in [1.165, 1.54) is 33.8 Å². The Morgan fingerprint density at radius 2 is 1.84 bits per heavy atom. The van der Waals surface area contributed by atoms with Gasteiger partial charge in [0.05, 0.1) is 11.2 Å². The molecule has 0 bridgehead atoms. The van der Waals surface area contributed by atoms with Crippen LogP contribution in [0.1, 0.15) is 49.4 Å². The average molecular weight is 504 g/mol. The number of rotatable bonds is 7. The number of halogens is 1. The highest BCUT2D eigenvalue weighted by molar-refractivity contribution is 6.01. The van der Waals surface area contributed by atoms with Crippen molar-refractivity contribution < 1.29 is 14.0 Å². The van der Waals surface area contributed by atoms with Gasteiger partial charge in [-0.05, 0) is 56.2 Å². The van der Waals surface area contributed by atoms with Gasteiger partial charge in [-0.1, -0.05) is 36.6 Å². The van der Waals surface area contributed by atoms with E-state index in [9.17, 15) is 14.0 Å². The van der Waals surface area contributed by atoms with E-state index in [-0.39, 0.29) is 24.4 Å². The summed E-state index contributed by atoms with van der Waals surface area (Å²) in [7, 11) is 1.78. The molecule has 37 heavy (non-hydrogen) atoms. The molecule has 0 saturated heterocycles. The van der Waals surface area contributed by atoms with E-state index in [1.54, 1.807) is 17.9 Å². The first-order chi connectivity index (χ1) is 17.9. The SMILES string of the molecule is Cc1nn(C)cc1C(C(=O)NC1CCCCC1)N(C(=O)Cn1nnc2ccccc21)c1ccc(F)cc1. The second-order valence-electron chi connectivity index (χ2n) is 9.57. The van der Waals surface area contributed by atoms with Crippen LogP contribution >= 0.6 is 0 Å². The van der Waals surface area contributed by atoms with Crippen molar-refractivity contribution in [1.29, 1.82) is 0 Å². The Balaban J connectivity index is 1.56. The summed E-state index contributed by atoms with van der Waals surface area (Å²) < 4.78 is 17.0. The van der Waals surface area contributed by atoms with Crippen LogP contribution in [0.3, 0.4) is 0 Å². The number of anilines is 1. The van der Waals surface area contributed by atoms with E-state index >= 15 is 0 Å². The number of nitrogens with one attached hydrogen (secondary N) is 1. The van der Waals surface area contributed by atoms with Crippen molar-refractivity contribution in [2.75, 3.05) is 4.90 Å². The Kier molecular flexibility index (Phi) is 6.98. The molecular weight excluding hydrogens is 473 g/mol. The first kappa shape index (κ1) is 24.6. The summed E-state index contributed by atoms with van der Waals surface area (Å²) in [5.74, 6) is -1.10. The fourth-order valence-corrected chi connectivity index (χ4v) is 5.09. The fraction of sp³-hybridized carbons (Fsp3) is 0.370. The molecule has 0 aliphatic heterocycles. The Morgan fingerprint density at radius 3 is 2.54 bits per heavy atom. The zero-order chi connectivity index (χ0) is 25.9. The third kappa shape index (κ3) is 5.23. The highest BCUT2D eigenvalue weighted by atomic mass is 19.1. The van der Waals surface area contributed by atoms with Gasteiger partial charge >= 0.3 is 0 Å². The second-order valence-corrected chi connectivity index (χ2v) is 9.57. The fourth-order valence-electron chi connectivity index (χ4n) is 5.09. The van der Waals surface area contributed by atoms with Crippen molar-refractivity contribution >= 4 is 28.5 Å². The number of hydrogen-bond acceptors (Lipinski definition) is 5. The molecule has 1 aliphatic rings. The summed E-state index contributed by atoms with van der Waals surface area (Å²) >= 11 is 0. The molecule has 1 saturated carbocycles. The topological polar surface area (TPSA) is 97.9 Å². The zero-order valence-electron chi connectivity index (χ0n) is 21.0. The van der Waals surface area contributed by atoms with Gasteiger partial charge in [-0.15, -0.1) is 5.10 Å². The van der Waals surface area contributed by atoms with Gasteiger partial charge in [0, 0.05) is 30.5 Å². The zero-order valence-corrected chi connectivity index (χ0v) is 21.0. The molecule has 192 valence electrons. The van der Waals surface area contributed by atoms with Crippen molar-refractivity contribution in [1.82, 2.24) is 30.1 Å². The molecule has 1 aliphatic carbocycles. The number of benzene rings is 2. The van der Waals surface area contributed by atoms with Crippen LogP contribution < -0.4 is 10.2 Å². The number of aromatic nitrogens is 5. The molecule has 1 fully saturated rings. The lowest BCUT2D eigenvalue weighted by Gasteiger charge is -2.33. The second kappa shape index (κ2) is 10.5. The quantitative estimate of drug-likeness (QED) is 0.413. The molecule has 5 rings (SSSR count). The molecule has 1 unspecified atom stereocenters. The van der Waals surface area contributed by atoms with Crippen molar-refractivity contribution in [3.8, 4) is 0 Å². The van der Waals surface area contributed by atoms with Crippen molar-refractivity contribution in [3.05, 3.63) is 71.8 Å². The van der Waals surface area contributed by atoms with Crippen LogP contribution in [0.5, 0.6) is 0 Å². The molecule has 1 N–H and O–H groups in total. The maximum absolute atomic E-state index is 14.0. The van der Waals surface area contributed by atoms with Crippen molar-refractivity contribution in [2.24, 2.45) is 7.05 Å². The molecule has 10 heteroatoms. The minimum absolute atomic E-state index is 0.0464. The molecule has 2 aromatic carbocycles. The van der Waals surface area contributed by atoms with Crippen molar-refractivity contribution in [3.63, 3.8) is 0 Å². The van der Waals surface area contributed by atoms with Gasteiger partial charge in [0.2, 0.25) is 11.8 Å². The van der Waals surface area contributed by atoms with Crippen LogP contribution in [0.15, 0.2) is 54.7 Å². The molecule has 0 radical (unpaired) electrons. The van der Waals surface area contributed by atoms with Crippen LogP contribution in [-0.4, -0.2) is 42.6 Å². The smallest absolute Gasteiger partial charge is 0.249 e. The number of para-hydroxylation sites is 1. The van der Waals surface area contributed by atoms with E-state index in [1.807, 2.05) is 31.2 Å². The maximum atomic E-state index is 14.0. The van der Waals surface area contributed by atoms with E-state index in [4.69, 9.17) is 0 Å². The van der Waals surface area contributed by atoms with Gasteiger partial charge in [0.25, 0.3) is 0 Å². The highest BCUT2D eigenvalue weighted by Crippen LogP contribution is 2.31.